The van der Waals surface area contributed by atoms with Crippen LogP contribution in [0.25, 0.3) is 0 Å². The molecule has 0 heterocycles. The van der Waals surface area contributed by atoms with Gasteiger partial charge < -0.3 is 10.4 Å². The Labute approximate surface area is 114 Å². The summed E-state index contributed by atoms with van der Waals surface area (Å²) in [5, 5.41) is 14.6. The minimum absolute atomic E-state index is 0.505. The van der Waals surface area contributed by atoms with Crippen molar-refractivity contribution < 1.29 is 5.11 Å². The quantitative estimate of drug-likeness (QED) is 0.819. The highest BCUT2D eigenvalue weighted by Crippen LogP contribution is 2.26. The van der Waals surface area contributed by atoms with Gasteiger partial charge in [-0.25, -0.2) is 0 Å². The Hall–Kier alpha value is -0.570. The van der Waals surface area contributed by atoms with Gasteiger partial charge in [-0.05, 0) is 30.5 Å². The maximum absolute atomic E-state index is 10.5. The lowest BCUT2D eigenvalue weighted by Crippen LogP contribution is -2.39. The van der Waals surface area contributed by atoms with Gasteiger partial charge in [-0.2, -0.15) is 0 Å². The molecule has 2 nitrogen and oxygen atoms in total. The van der Waals surface area contributed by atoms with E-state index in [9.17, 15) is 5.11 Å². The summed E-state index contributed by atoms with van der Waals surface area (Å²) in [5.74, 6) is 0. The van der Waals surface area contributed by atoms with Crippen LogP contribution >= 0.6 is 11.6 Å². The van der Waals surface area contributed by atoms with Crippen molar-refractivity contribution in [3.63, 3.8) is 0 Å². The lowest BCUT2D eigenvalue weighted by Gasteiger charge is -2.27. The fourth-order valence-electron chi connectivity index (χ4n) is 2.65. The molecular weight excluding hydrogens is 246 g/mol. The Morgan fingerprint density at radius 1 is 1.17 bits per heavy atom. The van der Waals surface area contributed by atoms with Gasteiger partial charge in [0.1, 0.15) is 0 Å². The Morgan fingerprint density at radius 3 is 2.56 bits per heavy atom. The number of hydrogen-bond donors (Lipinski definition) is 2. The molecule has 18 heavy (non-hydrogen) atoms. The van der Waals surface area contributed by atoms with Crippen molar-refractivity contribution in [3.8, 4) is 0 Å². The van der Waals surface area contributed by atoms with Crippen molar-refractivity contribution in [2.45, 2.75) is 50.7 Å². The molecule has 0 aromatic heterocycles. The molecule has 0 saturated heterocycles. The van der Waals surface area contributed by atoms with E-state index in [1.54, 1.807) is 0 Å². The van der Waals surface area contributed by atoms with E-state index in [1.165, 1.54) is 18.4 Å². The highest BCUT2D eigenvalue weighted by molar-refractivity contribution is 6.30. The van der Waals surface area contributed by atoms with Crippen LogP contribution in [0.4, 0.5) is 0 Å². The van der Waals surface area contributed by atoms with Crippen molar-refractivity contribution in [1.82, 2.24) is 5.32 Å². The van der Waals surface area contributed by atoms with Gasteiger partial charge in [0, 0.05) is 18.1 Å². The summed E-state index contributed by atoms with van der Waals surface area (Å²) in [7, 11) is 0. The average Bonchev–Trinajstić information content (AvgIpc) is 2.55. The molecule has 1 aliphatic carbocycles. The SMILES string of the molecule is OC1(CNCc2cccc(Cl)c2)CCCCCC1. The van der Waals surface area contributed by atoms with Gasteiger partial charge in [0.25, 0.3) is 0 Å². The van der Waals surface area contributed by atoms with Gasteiger partial charge in [-0.3, -0.25) is 0 Å². The molecular formula is C15H22ClNO. The molecule has 0 amide bonds. The monoisotopic (exact) mass is 267 g/mol. The second-order valence-corrected chi connectivity index (χ2v) is 5.81. The third-order valence-corrected chi connectivity index (χ3v) is 3.94. The molecule has 1 aromatic rings. The second kappa shape index (κ2) is 6.55. The second-order valence-electron chi connectivity index (χ2n) is 5.37. The van der Waals surface area contributed by atoms with Gasteiger partial charge >= 0.3 is 0 Å². The van der Waals surface area contributed by atoms with Crippen LogP contribution in [-0.4, -0.2) is 17.3 Å². The Kier molecular flexibility index (Phi) is 5.04. The third kappa shape index (κ3) is 4.27. The first-order valence-electron chi connectivity index (χ1n) is 6.86. The molecule has 1 aromatic carbocycles. The summed E-state index contributed by atoms with van der Waals surface area (Å²) in [6.07, 6.45) is 6.67. The topological polar surface area (TPSA) is 32.3 Å². The Bertz CT molecular complexity index is 373. The normalized spacial score (nSPS) is 19.4. The lowest BCUT2D eigenvalue weighted by atomic mass is 9.94. The summed E-state index contributed by atoms with van der Waals surface area (Å²) in [6.45, 7) is 1.45. The third-order valence-electron chi connectivity index (χ3n) is 3.71. The Morgan fingerprint density at radius 2 is 1.89 bits per heavy atom. The van der Waals surface area contributed by atoms with Crippen LogP contribution in [0, 0.1) is 0 Å². The highest BCUT2D eigenvalue weighted by atomic mass is 35.5. The van der Waals surface area contributed by atoms with Crippen LogP contribution in [0.3, 0.4) is 0 Å². The van der Waals surface area contributed by atoms with Gasteiger partial charge in [0.15, 0.2) is 0 Å². The average molecular weight is 268 g/mol. The van der Waals surface area contributed by atoms with Gasteiger partial charge in [-0.1, -0.05) is 49.4 Å². The zero-order valence-electron chi connectivity index (χ0n) is 10.8. The first kappa shape index (κ1) is 13.9. The molecule has 0 atom stereocenters. The standard InChI is InChI=1S/C15H22ClNO/c16-14-7-5-6-13(10-14)11-17-12-15(18)8-3-1-2-4-9-15/h5-7,10,17-18H,1-4,8-9,11-12H2. The molecule has 2 N–H and O–H groups in total. The number of hydrogen-bond acceptors (Lipinski definition) is 2. The fourth-order valence-corrected chi connectivity index (χ4v) is 2.86. The zero-order valence-corrected chi connectivity index (χ0v) is 11.5. The summed E-state index contributed by atoms with van der Waals surface area (Å²) < 4.78 is 0. The number of benzene rings is 1. The largest absolute Gasteiger partial charge is 0.389 e. The van der Waals surface area contributed by atoms with E-state index >= 15 is 0 Å². The number of halogens is 1. The fraction of sp³-hybridized carbons (Fsp3) is 0.600. The maximum Gasteiger partial charge on any atom is 0.0771 e. The first-order chi connectivity index (χ1) is 8.68. The van der Waals surface area contributed by atoms with E-state index < -0.39 is 5.60 Å². The van der Waals surface area contributed by atoms with Crippen molar-refractivity contribution in [2.75, 3.05) is 6.54 Å². The van der Waals surface area contributed by atoms with E-state index in [4.69, 9.17) is 11.6 Å². The summed E-state index contributed by atoms with van der Waals surface area (Å²) >= 11 is 5.94. The molecule has 0 unspecified atom stereocenters. The summed E-state index contributed by atoms with van der Waals surface area (Å²) in [5.41, 5.74) is 0.662. The van der Waals surface area contributed by atoms with Crippen LogP contribution in [0.5, 0.6) is 0 Å². The predicted molar refractivity (Wildman–Crippen MR) is 75.8 cm³/mol. The molecule has 0 bridgehead atoms. The number of nitrogens with one attached hydrogen (secondary N) is 1. The minimum Gasteiger partial charge on any atom is -0.389 e. The molecule has 0 spiro atoms. The van der Waals surface area contributed by atoms with Gasteiger partial charge in [0.05, 0.1) is 5.60 Å². The van der Waals surface area contributed by atoms with Crippen LogP contribution in [0.1, 0.15) is 44.1 Å². The van der Waals surface area contributed by atoms with Gasteiger partial charge in [-0.15, -0.1) is 0 Å². The predicted octanol–water partition coefficient (Wildman–Crippen LogP) is 3.51. The van der Waals surface area contributed by atoms with E-state index in [2.05, 4.69) is 11.4 Å². The van der Waals surface area contributed by atoms with Crippen molar-refractivity contribution in [3.05, 3.63) is 34.9 Å². The van der Waals surface area contributed by atoms with E-state index in [0.29, 0.717) is 6.54 Å². The van der Waals surface area contributed by atoms with Crippen molar-refractivity contribution in [2.24, 2.45) is 0 Å². The molecule has 0 aliphatic heterocycles. The van der Waals surface area contributed by atoms with Crippen LogP contribution < -0.4 is 5.32 Å². The molecule has 100 valence electrons. The van der Waals surface area contributed by atoms with Crippen molar-refractivity contribution >= 4 is 11.6 Å². The smallest absolute Gasteiger partial charge is 0.0771 e. The van der Waals surface area contributed by atoms with E-state index in [0.717, 1.165) is 37.3 Å². The summed E-state index contributed by atoms with van der Waals surface area (Å²) in [6, 6.07) is 7.85. The van der Waals surface area contributed by atoms with Crippen LogP contribution in [0.2, 0.25) is 5.02 Å². The molecule has 0 radical (unpaired) electrons. The molecule has 1 aliphatic rings. The van der Waals surface area contributed by atoms with Crippen LogP contribution in [0.15, 0.2) is 24.3 Å². The van der Waals surface area contributed by atoms with Crippen LogP contribution in [-0.2, 0) is 6.54 Å². The van der Waals surface area contributed by atoms with Gasteiger partial charge in [0.2, 0.25) is 0 Å². The van der Waals surface area contributed by atoms with Crippen molar-refractivity contribution in [1.29, 1.82) is 0 Å². The minimum atomic E-state index is -0.505. The zero-order chi connectivity index (χ0) is 12.8. The molecule has 2 rings (SSSR count). The molecule has 3 heteroatoms. The summed E-state index contributed by atoms with van der Waals surface area (Å²) in [4.78, 5) is 0. The number of aliphatic hydroxyl groups is 1. The van der Waals surface area contributed by atoms with E-state index in [-0.39, 0.29) is 0 Å². The van der Waals surface area contributed by atoms with E-state index in [1.807, 2.05) is 18.2 Å². The maximum atomic E-state index is 10.5. The lowest BCUT2D eigenvalue weighted by molar-refractivity contribution is 0.0250. The number of rotatable bonds is 4. The Balaban J connectivity index is 1.80. The highest BCUT2D eigenvalue weighted by Gasteiger charge is 2.27. The first-order valence-corrected chi connectivity index (χ1v) is 7.23. The molecule has 1 fully saturated rings. The molecule has 1 saturated carbocycles.